The van der Waals surface area contributed by atoms with Gasteiger partial charge < -0.3 is 4.84 Å². The van der Waals surface area contributed by atoms with Crippen LogP contribution in [0.4, 0.5) is 4.39 Å². The zero-order chi connectivity index (χ0) is 16.5. The third-order valence-electron chi connectivity index (χ3n) is 3.61. The monoisotopic (exact) mass is 321 g/mol. The number of halogens is 1. The molecule has 118 valence electrons. The first-order valence-corrected chi connectivity index (χ1v) is 7.33. The molecule has 0 bridgehead atoms. The summed E-state index contributed by atoms with van der Waals surface area (Å²) >= 11 is 0. The molecule has 0 unspecified atom stereocenters. The molecular formula is C18H12FN3O2. The molecule has 4 rings (SSSR count). The number of fused-ring (bicyclic) bond motifs is 1. The molecule has 5 nitrogen and oxygen atoms in total. The van der Waals surface area contributed by atoms with Crippen LogP contribution in [0.1, 0.15) is 0 Å². The topological polar surface area (TPSA) is 48.5 Å². The van der Waals surface area contributed by atoms with Crippen LogP contribution in [0.5, 0.6) is 5.75 Å². The maximum atomic E-state index is 13.7. The van der Waals surface area contributed by atoms with Gasteiger partial charge in [-0.3, -0.25) is 0 Å². The number of para-hydroxylation sites is 1. The molecule has 0 fully saturated rings. The fourth-order valence-corrected chi connectivity index (χ4v) is 2.50. The highest BCUT2D eigenvalue weighted by Gasteiger charge is 2.14. The second-order valence-electron chi connectivity index (χ2n) is 5.15. The van der Waals surface area contributed by atoms with E-state index in [-0.39, 0.29) is 5.75 Å². The van der Waals surface area contributed by atoms with E-state index in [1.807, 2.05) is 36.4 Å². The van der Waals surface area contributed by atoms with Crippen molar-refractivity contribution in [1.29, 1.82) is 0 Å². The molecule has 4 aromatic rings. The minimum Gasteiger partial charge on any atom is -0.350 e. The Morgan fingerprint density at radius 2 is 1.62 bits per heavy atom. The van der Waals surface area contributed by atoms with E-state index in [4.69, 9.17) is 4.84 Å². The average molecular weight is 321 g/mol. The average Bonchev–Trinajstić information content (AvgIpc) is 2.94. The predicted octanol–water partition coefficient (Wildman–Crippen LogP) is 3.14. The number of benzene rings is 2. The van der Waals surface area contributed by atoms with Gasteiger partial charge in [-0.15, -0.1) is 5.10 Å². The van der Waals surface area contributed by atoms with E-state index in [9.17, 15) is 9.18 Å². The highest BCUT2D eigenvalue weighted by atomic mass is 19.1. The Morgan fingerprint density at radius 3 is 2.42 bits per heavy atom. The van der Waals surface area contributed by atoms with Crippen LogP contribution in [0.2, 0.25) is 0 Å². The number of nitrogens with zero attached hydrogens (tertiary/aromatic N) is 3. The molecule has 0 N–H and O–H groups in total. The fourth-order valence-electron chi connectivity index (χ4n) is 2.50. The quantitative estimate of drug-likeness (QED) is 0.582. The van der Waals surface area contributed by atoms with Gasteiger partial charge in [-0.25, -0.2) is 13.6 Å². The molecule has 0 aliphatic carbocycles. The van der Waals surface area contributed by atoms with Crippen molar-refractivity contribution in [2.75, 3.05) is 0 Å². The summed E-state index contributed by atoms with van der Waals surface area (Å²) in [6.07, 6.45) is 0. The summed E-state index contributed by atoms with van der Waals surface area (Å²) in [5.74, 6) is -0.631. The predicted molar refractivity (Wildman–Crippen MR) is 87.3 cm³/mol. The van der Waals surface area contributed by atoms with Gasteiger partial charge in [0.25, 0.3) is 0 Å². The van der Waals surface area contributed by atoms with Crippen LogP contribution >= 0.6 is 0 Å². The summed E-state index contributed by atoms with van der Waals surface area (Å²) in [5, 5.41) is 4.11. The van der Waals surface area contributed by atoms with Crippen molar-refractivity contribution in [2.24, 2.45) is 0 Å². The Labute approximate surface area is 136 Å². The second-order valence-corrected chi connectivity index (χ2v) is 5.15. The first-order chi connectivity index (χ1) is 11.7. The van der Waals surface area contributed by atoms with Crippen molar-refractivity contribution in [2.45, 2.75) is 0 Å². The molecule has 6 heteroatoms. The normalized spacial score (nSPS) is 10.9. The summed E-state index contributed by atoms with van der Waals surface area (Å²) in [7, 11) is 0. The number of pyridine rings is 1. The summed E-state index contributed by atoms with van der Waals surface area (Å²) in [6, 6.07) is 20.6. The molecule has 0 atom stereocenters. The van der Waals surface area contributed by atoms with E-state index in [1.54, 1.807) is 24.3 Å². The van der Waals surface area contributed by atoms with Crippen LogP contribution in [-0.4, -0.2) is 14.3 Å². The second kappa shape index (κ2) is 5.66. The molecule has 2 aromatic heterocycles. The van der Waals surface area contributed by atoms with Crippen molar-refractivity contribution < 1.29 is 9.23 Å². The third-order valence-corrected chi connectivity index (χ3v) is 3.61. The van der Waals surface area contributed by atoms with Crippen LogP contribution < -0.4 is 10.5 Å². The Kier molecular flexibility index (Phi) is 3.35. The van der Waals surface area contributed by atoms with Gasteiger partial charge in [0.15, 0.2) is 17.2 Å². The Balaban J connectivity index is 1.87. The number of rotatable bonds is 3. The standard InChI is InChI=1S/C18H12FN3O2/c19-14-9-4-5-11-16(14)24-22-18(23)21-15(10-6-12-17(21)20-22)13-7-2-1-3-8-13/h1-12H. The van der Waals surface area contributed by atoms with E-state index in [0.717, 1.165) is 10.4 Å². The Morgan fingerprint density at radius 1 is 0.875 bits per heavy atom. The number of aromatic nitrogens is 3. The van der Waals surface area contributed by atoms with Gasteiger partial charge >= 0.3 is 5.69 Å². The summed E-state index contributed by atoms with van der Waals surface area (Å²) in [5.41, 5.74) is 1.46. The van der Waals surface area contributed by atoms with Crippen LogP contribution in [0.15, 0.2) is 77.6 Å². The Bertz CT molecular complexity index is 1070. The molecule has 0 aliphatic rings. The smallest absolute Gasteiger partial charge is 0.350 e. The lowest BCUT2D eigenvalue weighted by atomic mass is 10.1. The van der Waals surface area contributed by atoms with Crippen molar-refractivity contribution in [3.05, 3.63) is 89.1 Å². The van der Waals surface area contributed by atoms with Crippen molar-refractivity contribution >= 4 is 5.65 Å². The van der Waals surface area contributed by atoms with Crippen molar-refractivity contribution in [3.63, 3.8) is 0 Å². The van der Waals surface area contributed by atoms with Gasteiger partial charge in [-0.05, 0) is 34.7 Å². The van der Waals surface area contributed by atoms with Gasteiger partial charge in [-0.2, -0.15) is 0 Å². The first kappa shape index (κ1) is 14.2. The summed E-state index contributed by atoms with van der Waals surface area (Å²) in [6.45, 7) is 0. The molecule has 0 amide bonds. The van der Waals surface area contributed by atoms with Crippen LogP contribution in [0.3, 0.4) is 0 Å². The lowest BCUT2D eigenvalue weighted by molar-refractivity contribution is 0.161. The van der Waals surface area contributed by atoms with E-state index in [2.05, 4.69) is 5.10 Å². The zero-order valence-corrected chi connectivity index (χ0v) is 12.5. The molecule has 0 aliphatic heterocycles. The van der Waals surface area contributed by atoms with E-state index < -0.39 is 11.5 Å². The van der Waals surface area contributed by atoms with Crippen molar-refractivity contribution in [1.82, 2.24) is 14.3 Å². The molecule has 0 saturated carbocycles. The molecule has 2 aromatic carbocycles. The summed E-state index contributed by atoms with van der Waals surface area (Å²) < 4.78 is 15.2. The Hall–Kier alpha value is -3.41. The highest BCUT2D eigenvalue weighted by molar-refractivity contribution is 5.62. The van der Waals surface area contributed by atoms with E-state index >= 15 is 0 Å². The molecule has 0 spiro atoms. The minimum absolute atomic E-state index is 0.0655. The van der Waals surface area contributed by atoms with Gasteiger partial charge in [0.05, 0.1) is 5.69 Å². The van der Waals surface area contributed by atoms with Crippen LogP contribution in [0.25, 0.3) is 16.9 Å². The SMILES string of the molecule is O=c1n(Oc2ccccc2F)nc2cccc(-c3ccccc3)n12. The molecule has 0 saturated heterocycles. The van der Waals surface area contributed by atoms with Gasteiger partial charge in [0.1, 0.15) is 0 Å². The zero-order valence-electron chi connectivity index (χ0n) is 12.5. The minimum atomic E-state index is -0.565. The van der Waals surface area contributed by atoms with E-state index in [0.29, 0.717) is 11.3 Å². The summed E-state index contributed by atoms with van der Waals surface area (Å²) in [4.78, 5) is 18.8. The maximum absolute atomic E-state index is 13.7. The third kappa shape index (κ3) is 2.34. The van der Waals surface area contributed by atoms with Crippen LogP contribution in [-0.2, 0) is 0 Å². The molecule has 2 heterocycles. The molecule has 0 radical (unpaired) electrons. The number of hydrogen-bond acceptors (Lipinski definition) is 3. The maximum Gasteiger partial charge on any atom is 0.385 e. The van der Waals surface area contributed by atoms with Gasteiger partial charge in [0.2, 0.25) is 0 Å². The molecule has 24 heavy (non-hydrogen) atoms. The lowest BCUT2D eigenvalue weighted by Gasteiger charge is -2.04. The van der Waals surface area contributed by atoms with Gasteiger partial charge in [-0.1, -0.05) is 48.5 Å². The lowest BCUT2D eigenvalue weighted by Crippen LogP contribution is -2.26. The first-order valence-electron chi connectivity index (χ1n) is 7.33. The number of hydrogen-bond donors (Lipinski definition) is 0. The van der Waals surface area contributed by atoms with Gasteiger partial charge in [0, 0.05) is 0 Å². The highest BCUT2D eigenvalue weighted by Crippen LogP contribution is 2.19. The van der Waals surface area contributed by atoms with Crippen molar-refractivity contribution in [3.8, 4) is 17.0 Å². The largest absolute Gasteiger partial charge is 0.385 e. The van der Waals surface area contributed by atoms with E-state index in [1.165, 1.54) is 16.5 Å². The fraction of sp³-hybridized carbons (Fsp3) is 0. The van der Waals surface area contributed by atoms with Crippen LogP contribution in [0, 0.1) is 5.82 Å². The molecular weight excluding hydrogens is 309 g/mol.